The fourth-order valence-electron chi connectivity index (χ4n) is 1.88. The highest BCUT2D eigenvalue weighted by molar-refractivity contribution is 9.10. The van der Waals surface area contributed by atoms with Gasteiger partial charge in [0.05, 0.1) is 24.5 Å². The predicted molar refractivity (Wildman–Crippen MR) is 80.8 cm³/mol. The Bertz CT molecular complexity index is 454. The summed E-state index contributed by atoms with van der Waals surface area (Å²) in [4.78, 5) is 12.1. The standard InChI is InChI=1S/C13H22BrN3O2/c1-5-6-10(8-19-4)16-11-7-15-17(9(2)3)13(18)12(11)14/h7,9-10,16H,5-6,8H2,1-4H3. The second kappa shape index (κ2) is 7.65. The average molecular weight is 332 g/mol. The summed E-state index contributed by atoms with van der Waals surface area (Å²) < 4.78 is 7.16. The molecule has 1 rings (SSSR count). The van der Waals surface area contributed by atoms with Crippen LogP contribution in [0.5, 0.6) is 0 Å². The van der Waals surface area contributed by atoms with E-state index < -0.39 is 0 Å². The van der Waals surface area contributed by atoms with Gasteiger partial charge < -0.3 is 10.1 Å². The molecule has 1 aromatic rings. The predicted octanol–water partition coefficient (Wildman–Crippen LogP) is 2.81. The molecule has 1 aromatic heterocycles. The zero-order valence-electron chi connectivity index (χ0n) is 11.9. The Balaban J connectivity index is 2.95. The van der Waals surface area contributed by atoms with Crippen LogP contribution in [0.25, 0.3) is 0 Å². The quantitative estimate of drug-likeness (QED) is 0.834. The van der Waals surface area contributed by atoms with Gasteiger partial charge in [0.25, 0.3) is 5.56 Å². The van der Waals surface area contributed by atoms with Crippen LogP contribution in [0.2, 0.25) is 0 Å². The average Bonchev–Trinajstić information content (AvgIpc) is 2.35. The summed E-state index contributed by atoms with van der Waals surface area (Å²) in [5.74, 6) is 0. The molecule has 0 bridgehead atoms. The number of nitrogens with zero attached hydrogens (tertiary/aromatic N) is 2. The molecule has 0 spiro atoms. The van der Waals surface area contributed by atoms with Crippen LogP contribution in [0.3, 0.4) is 0 Å². The van der Waals surface area contributed by atoms with Gasteiger partial charge in [0.1, 0.15) is 4.47 Å². The molecule has 1 N–H and O–H groups in total. The number of aromatic nitrogens is 2. The fourth-order valence-corrected chi connectivity index (χ4v) is 2.28. The van der Waals surface area contributed by atoms with E-state index >= 15 is 0 Å². The lowest BCUT2D eigenvalue weighted by atomic mass is 10.2. The van der Waals surface area contributed by atoms with E-state index in [1.165, 1.54) is 4.68 Å². The number of ether oxygens (including phenoxy) is 1. The van der Waals surface area contributed by atoms with Gasteiger partial charge in [-0.15, -0.1) is 0 Å². The summed E-state index contributed by atoms with van der Waals surface area (Å²) in [6.45, 7) is 6.58. The number of hydrogen-bond acceptors (Lipinski definition) is 4. The van der Waals surface area contributed by atoms with E-state index in [1.54, 1.807) is 13.3 Å². The van der Waals surface area contributed by atoms with E-state index in [0.717, 1.165) is 18.5 Å². The molecule has 0 amide bonds. The van der Waals surface area contributed by atoms with Crippen molar-refractivity contribution in [1.29, 1.82) is 0 Å². The topological polar surface area (TPSA) is 56.1 Å². The number of nitrogens with one attached hydrogen (secondary N) is 1. The van der Waals surface area contributed by atoms with Gasteiger partial charge in [0.15, 0.2) is 0 Å². The number of halogens is 1. The summed E-state index contributed by atoms with van der Waals surface area (Å²) in [6.07, 6.45) is 3.71. The molecule has 0 aliphatic rings. The number of hydrogen-bond donors (Lipinski definition) is 1. The second-order valence-electron chi connectivity index (χ2n) is 4.80. The molecule has 1 heterocycles. The zero-order chi connectivity index (χ0) is 14.4. The highest BCUT2D eigenvalue weighted by Crippen LogP contribution is 2.19. The molecule has 0 saturated carbocycles. The van der Waals surface area contributed by atoms with Crippen LogP contribution in [0, 0.1) is 0 Å². The van der Waals surface area contributed by atoms with Crippen molar-refractivity contribution in [3.05, 3.63) is 21.0 Å². The third-order valence-electron chi connectivity index (χ3n) is 2.80. The van der Waals surface area contributed by atoms with Crippen LogP contribution >= 0.6 is 15.9 Å². The third kappa shape index (κ3) is 4.31. The minimum absolute atomic E-state index is 0.0447. The molecule has 0 aromatic carbocycles. The maximum Gasteiger partial charge on any atom is 0.283 e. The lowest BCUT2D eigenvalue weighted by Gasteiger charge is -2.19. The molecule has 6 heteroatoms. The second-order valence-corrected chi connectivity index (χ2v) is 5.59. The minimum atomic E-state index is -0.118. The fraction of sp³-hybridized carbons (Fsp3) is 0.692. The molecule has 0 radical (unpaired) electrons. The van der Waals surface area contributed by atoms with Crippen LogP contribution in [-0.2, 0) is 4.74 Å². The van der Waals surface area contributed by atoms with Crippen LogP contribution in [-0.4, -0.2) is 29.5 Å². The van der Waals surface area contributed by atoms with Crippen LogP contribution in [0.1, 0.15) is 39.7 Å². The van der Waals surface area contributed by atoms with Gasteiger partial charge in [0.2, 0.25) is 0 Å². The first-order valence-electron chi connectivity index (χ1n) is 6.54. The molecule has 0 saturated heterocycles. The van der Waals surface area contributed by atoms with E-state index in [9.17, 15) is 4.79 Å². The van der Waals surface area contributed by atoms with Crippen molar-refractivity contribution < 1.29 is 4.74 Å². The Kier molecular flexibility index (Phi) is 6.51. The van der Waals surface area contributed by atoms with Gasteiger partial charge in [-0.1, -0.05) is 13.3 Å². The van der Waals surface area contributed by atoms with Crippen molar-refractivity contribution >= 4 is 21.6 Å². The SMILES string of the molecule is CCCC(COC)Nc1cnn(C(C)C)c(=O)c1Br. The molecule has 1 atom stereocenters. The van der Waals surface area contributed by atoms with Gasteiger partial charge in [-0.05, 0) is 36.2 Å². The molecular formula is C13H22BrN3O2. The minimum Gasteiger partial charge on any atom is -0.383 e. The van der Waals surface area contributed by atoms with E-state index in [-0.39, 0.29) is 17.6 Å². The lowest BCUT2D eigenvalue weighted by molar-refractivity contribution is 0.182. The summed E-state index contributed by atoms with van der Waals surface area (Å²) in [6, 6.07) is 0.227. The van der Waals surface area contributed by atoms with Gasteiger partial charge >= 0.3 is 0 Å². The van der Waals surface area contributed by atoms with Crippen molar-refractivity contribution in [3.8, 4) is 0 Å². The number of rotatable bonds is 7. The molecule has 1 unspecified atom stereocenters. The Morgan fingerprint density at radius 2 is 2.21 bits per heavy atom. The zero-order valence-corrected chi connectivity index (χ0v) is 13.5. The van der Waals surface area contributed by atoms with Crippen molar-refractivity contribution in [2.45, 2.75) is 45.7 Å². The molecule has 0 aliphatic carbocycles. The van der Waals surface area contributed by atoms with Crippen LogP contribution in [0.4, 0.5) is 5.69 Å². The van der Waals surface area contributed by atoms with Crippen molar-refractivity contribution in [3.63, 3.8) is 0 Å². The maximum atomic E-state index is 12.1. The molecule has 19 heavy (non-hydrogen) atoms. The largest absolute Gasteiger partial charge is 0.383 e. The smallest absolute Gasteiger partial charge is 0.283 e. The van der Waals surface area contributed by atoms with E-state index in [1.807, 2.05) is 13.8 Å². The highest BCUT2D eigenvalue weighted by Gasteiger charge is 2.14. The van der Waals surface area contributed by atoms with Crippen molar-refractivity contribution in [2.24, 2.45) is 0 Å². The van der Waals surface area contributed by atoms with Crippen molar-refractivity contribution in [2.75, 3.05) is 19.0 Å². The number of anilines is 1. The Morgan fingerprint density at radius 1 is 1.53 bits per heavy atom. The highest BCUT2D eigenvalue weighted by atomic mass is 79.9. The Morgan fingerprint density at radius 3 is 2.74 bits per heavy atom. The molecule has 0 aliphatic heterocycles. The van der Waals surface area contributed by atoms with E-state index in [2.05, 4.69) is 33.3 Å². The molecule has 5 nitrogen and oxygen atoms in total. The molecule has 108 valence electrons. The van der Waals surface area contributed by atoms with E-state index in [4.69, 9.17) is 4.74 Å². The first kappa shape index (κ1) is 16.2. The summed E-state index contributed by atoms with van der Waals surface area (Å²) in [5, 5.41) is 7.49. The van der Waals surface area contributed by atoms with Crippen LogP contribution < -0.4 is 10.9 Å². The maximum absolute atomic E-state index is 12.1. The summed E-state index contributed by atoms with van der Waals surface area (Å²) >= 11 is 3.35. The normalized spacial score (nSPS) is 12.7. The first-order valence-corrected chi connectivity index (χ1v) is 7.33. The monoisotopic (exact) mass is 331 g/mol. The van der Waals surface area contributed by atoms with E-state index in [0.29, 0.717) is 11.1 Å². The van der Waals surface area contributed by atoms with Crippen molar-refractivity contribution in [1.82, 2.24) is 9.78 Å². The van der Waals surface area contributed by atoms with Gasteiger partial charge in [-0.3, -0.25) is 4.79 Å². The summed E-state index contributed by atoms with van der Waals surface area (Å²) in [7, 11) is 1.67. The Hall–Kier alpha value is -0.880. The van der Waals surface area contributed by atoms with Gasteiger partial charge in [-0.2, -0.15) is 5.10 Å². The summed E-state index contributed by atoms with van der Waals surface area (Å²) in [5.41, 5.74) is 0.602. The molecule has 0 fully saturated rings. The molecular weight excluding hydrogens is 310 g/mol. The Labute approximate surface area is 122 Å². The lowest BCUT2D eigenvalue weighted by Crippen LogP contribution is -2.29. The third-order valence-corrected chi connectivity index (χ3v) is 3.56. The number of methoxy groups -OCH3 is 1. The van der Waals surface area contributed by atoms with Gasteiger partial charge in [-0.25, -0.2) is 4.68 Å². The van der Waals surface area contributed by atoms with Crippen LogP contribution in [0.15, 0.2) is 15.5 Å². The van der Waals surface area contributed by atoms with Gasteiger partial charge in [0, 0.05) is 13.2 Å². The first-order chi connectivity index (χ1) is 9.01.